The molecule has 0 aliphatic carbocycles. The number of ether oxygens (including phenoxy) is 6. The van der Waals surface area contributed by atoms with Crippen LogP contribution in [0.5, 0.6) is 17.2 Å². The van der Waals surface area contributed by atoms with Gasteiger partial charge in [0.25, 0.3) is 0 Å². The van der Waals surface area contributed by atoms with E-state index in [0.29, 0.717) is 39.6 Å². The van der Waals surface area contributed by atoms with E-state index in [4.69, 9.17) is 28.4 Å². The van der Waals surface area contributed by atoms with Gasteiger partial charge >= 0.3 is 0 Å². The zero-order valence-electron chi connectivity index (χ0n) is 28.9. The number of rotatable bonds is 6. The van der Waals surface area contributed by atoms with Crippen molar-refractivity contribution < 1.29 is 28.4 Å². The predicted molar refractivity (Wildman–Crippen MR) is 194 cm³/mol. The molecule has 3 aromatic heterocycles. The molecule has 3 aromatic carbocycles. The molecule has 51 heavy (non-hydrogen) atoms. The van der Waals surface area contributed by atoms with Crippen molar-refractivity contribution in [2.75, 3.05) is 21.3 Å². The first-order chi connectivity index (χ1) is 25.1. The Hall–Kier alpha value is -5.61. The summed E-state index contributed by atoms with van der Waals surface area (Å²) in [5.74, 6) is 2.16. The van der Waals surface area contributed by atoms with Gasteiger partial charge in [0.1, 0.15) is 17.2 Å². The van der Waals surface area contributed by atoms with Gasteiger partial charge in [-0.1, -0.05) is 0 Å². The van der Waals surface area contributed by atoms with Crippen molar-refractivity contribution in [3.05, 3.63) is 143 Å². The molecule has 6 aromatic rings. The average Bonchev–Trinajstić information content (AvgIpc) is 3.18. The van der Waals surface area contributed by atoms with Gasteiger partial charge in [0.15, 0.2) is 0 Å². The van der Waals surface area contributed by atoms with Crippen LogP contribution in [-0.4, -0.2) is 36.3 Å². The molecule has 0 unspecified atom stereocenters. The third-order valence-electron chi connectivity index (χ3n) is 8.93. The molecule has 0 spiro atoms. The molecule has 1 aliphatic heterocycles. The topological polar surface area (TPSA) is 94.1 Å². The number of pyridine rings is 3. The van der Waals surface area contributed by atoms with Crippen molar-refractivity contribution in [1.29, 1.82) is 0 Å². The highest BCUT2D eigenvalue weighted by molar-refractivity contribution is 5.69. The monoisotopic (exact) mass is 681 g/mol. The molecule has 0 saturated carbocycles. The van der Waals surface area contributed by atoms with Crippen molar-refractivity contribution in [2.24, 2.45) is 0 Å². The van der Waals surface area contributed by atoms with Crippen LogP contribution in [-0.2, 0) is 53.9 Å². The first kappa shape index (κ1) is 33.9. The highest BCUT2D eigenvalue weighted by Gasteiger charge is 2.19. The zero-order chi connectivity index (χ0) is 35.0. The van der Waals surface area contributed by atoms with Gasteiger partial charge in [-0.15, -0.1) is 0 Å². The number of methoxy groups -OCH3 is 3. The maximum atomic E-state index is 6.46. The second-order valence-electron chi connectivity index (χ2n) is 12.2. The molecule has 1 aliphatic rings. The lowest BCUT2D eigenvalue weighted by molar-refractivity contribution is 0.0928. The van der Waals surface area contributed by atoms with Gasteiger partial charge in [-0.2, -0.15) is 0 Å². The molecule has 0 N–H and O–H groups in total. The number of aromatic nitrogens is 3. The summed E-state index contributed by atoms with van der Waals surface area (Å²) in [6.07, 6.45) is 10.7. The average molecular weight is 682 g/mol. The molecular weight excluding hydrogens is 642 g/mol. The molecular formula is C42H39N3O6. The Morgan fingerprint density at radius 3 is 0.765 bits per heavy atom. The molecule has 9 heteroatoms. The molecule has 0 atom stereocenters. The van der Waals surface area contributed by atoms with E-state index < -0.39 is 0 Å². The van der Waals surface area contributed by atoms with Crippen LogP contribution in [0.2, 0.25) is 0 Å². The van der Waals surface area contributed by atoms with Crippen molar-refractivity contribution in [2.45, 2.75) is 39.6 Å². The minimum atomic E-state index is 0.300. The zero-order valence-corrected chi connectivity index (χ0v) is 28.9. The Morgan fingerprint density at radius 1 is 0.353 bits per heavy atom. The fraction of sp³-hybridized carbons (Fsp3) is 0.214. The van der Waals surface area contributed by atoms with E-state index in [1.165, 1.54) is 0 Å². The second-order valence-corrected chi connectivity index (χ2v) is 12.2. The molecule has 9 nitrogen and oxygen atoms in total. The van der Waals surface area contributed by atoms with Crippen molar-refractivity contribution in [3.63, 3.8) is 0 Å². The lowest BCUT2D eigenvalue weighted by Gasteiger charge is -2.20. The van der Waals surface area contributed by atoms with Gasteiger partial charge in [-0.3, -0.25) is 15.0 Å². The van der Waals surface area contributed by atoms with Crippen LogP contribution in [0.1, 0.15) is 33.4 Å². The summed E-state index contributed by atoms with van der Waals surface area (Å²) in [5, 5.41) is 0. The largest absolute Gasteiger partial charge is 0.496 e. The summed E-state index contributed by atoms with van der Waals surface area (Å²) < 4.78 is 37.5. The lowest BCUT2D eigenvalue weighted by Crippen LogP contribution is -2.07. The van der Waals surface area contributed by atoms with Crippen molar-refractivity contribution in [1.82, 2.24) is 15.0 Å². The van der Waals surface area contributed by atoms with Crippen LogP contribution in [0.15, 0.2) is 110 Å². The Morgan fingerprint density at radius 2 is 0.569 bits per heavy atom. The summed E-state index contributed by atoms with van der Waals surface area (Å²) in [7, 11) is 5.05. The fourth-order valence-corrected chi connectivity index (χ4v) is 6.64. The van der Waals surface area contributed by atoms with E-state index in [-0.39, 0.29) is 0 Å². The Bertz CT molecular complexity index is 1780. The molecule has 0 fully saturated rings. The highest BCUT2D eigenvalue weighted by atomic mass is 16.5. The molecule has 7 rings (SSSR count). The van der Waals surface area contributed by atoms with Gasteiger partial charge in [-0.25, -0.2) is 0 Å². The fourth-order valence-electron chi connectivity index (χ4n) is 6.64. The maximum Gasteiger partial charge on any atom is 0.129 e. The number of hydrogen-bond acceptors (Lipinski definition) is 9. The van der Waals surface area contributed by atoms with E-state index >= 15 is 0 Å². The summed E-state index contributed by atoms with van der Waals surface area (Å²) in [6.45, 7) is 1.80. The maximum absolute atomic E-state index is 6.46. The number of hydrogen-bond donors (Lipinski definition) is 0. The van der Waals surface area contributed by atoms with Crippen LogP contribution in [0.4, 0.5) is 0 Å². The SMILES string of the molecule is COc1c2cc(-c3ccncc3)cc1COCc1cc(-c3ccncc3)cc(c1OC)COCc1cc(-c3ccncc3)cc(c1OC)COC2. The number of benzene rings is 3. The van der Waals surface area contributed by atoms with Gasteiger partial charge in [0.2, 0.25) is 0 Å². The van der Waals surface area contributed by atoms with Crippen LogP contribution >= 0.6 is 0 Å². The molecule has 0 saturated heterocycles. The third kappa shape index (κ3) is 7.61. The standard InChI is InChI=1S/C42H39N3O6/c1-46-40-34-16-31(28-4-10-43-11-5-28)17-35(40)23-50-25-37-19-33(30-8-14-45-15-9-30)21-39(42(37)48-3)27-51-26-38-20-32(29-6-12-44-13-7-29)18-36(24-49-22-34)41(38)47-2/h4-21H,22-27H2,1-3H3. The van der Waals surface area contributed by atoms with E-state index in [0.717, 1.165) is 84.0 Å². The molecule has 4 heterocycles. The minimum absolute atomic E-state index is 0.300. The van der Waals surface area contributed by atoms with Gasteiger partial charge < -0.3 is 28.4 Å². The van der Waals surface area contributed by atoms with Gasteiger partial charge in [0.05, 0.1) is 61.0 Å². The highest BCUT2D eigenvalue weighted by Crippen LogP contribution is 2.37. The van der Waals surface area contributed by atoms with Crippen molar-refractivity contribution >= 4 is 0 Å². The van der Waals surface area contributed by atoms with Crippen LogP contribution < -0.4 is 14.2 Å². The van der Waals surface area contributed by atoms with E-state index in [1.807, 2.05) is 36.4 Å². The molecule has 6 bridgehead atoms. The summed E-state index contributed by atoms with van der Waals surface area (Å²) in [4.78, 5) is 12.7. The predicted octanol–water partition coefficient (Wildman–Crippen LogP) is 8.36. The van der Waals surface area contributed by atoms with Crippen LogP contribution in [0, 0.1) is 0 Å². The van der Waals surface area contributed by atoms with E-state index in [9.17, 15) is 0 Å². The molecule has 258 valence electrons. The quantitative estimate of drug-likeness (QED) is 0.172. The van der Waals surface area contributed by atoms with Crippen molar-refractivity contribution in [3.8, 4) is 50.6 Å². The Labute approximate surface area is 297 Å². The van der Waals surface area contributed by atoms with Crippen LogP contribution in [0.3, 0.4) is 0 Å². The lowest BCUT2D eigenvalue weighted by atomic mass is 9.98. The minimum Gasteiger partial charge on any atom is -0.496 e. The van der Waals surface area contributed by atoms with Crippen LogP contribution in [0.25, 0.3) is 33.4 Å². The summed E-state index contributed by atoms with van der Waals surface area (Å²) >= 11 is 0. The number of fused-ring (bicyclic) bond motifs is 6. The third-order valence-corrected chi connectivity index (χ3v) is 8.93. The van der Waals surface area contributed by atoms with E-state index in [1.54, 1.807) is 58.5 Å². The number of nitrogens with zero attached hydrogens (tertiary/aromatic N) is 3. The smallest absolute Gasteiger partial charge is 0.129 e. The first-order valence-electron chi connectivity index (χ1n) is 16.7. The Kier molecular flexibility index (Phi) is 10.6. The normalized spacial score (nSPS) is 13.5. The van der Waals surface area contributed by atoms with Gasteiger partial charge in [0, 0.05) is 70.6 Å². The summed E-state index contributed by atoms with van der Waals surface area (Å²) in [5.41, 5.74) is 11.6. The molecule has 0 radical (unpaired) electrons. The van der Waals surface area contributed by atoms with Gasteiger partial charge in [-0.05, 0) is 106 Å². The second kappa shape index (κ2) is 15.9. The van der Waals surface area contributed by atoms with E-state index in [2.05, 4.69) is 51.4 Å². The first-order valence-corrected chi connectivity index (χ1v) is 16.7. The Balaban J connectivity index is 1.36. The molecule has 0 amide bonds. The summed E-state index contributed by atoms with van der Waals surface area (Å²) in [6, 6.07) is 24.6.